The van der Waals surface area contributed by atoms with Crippen LogP contribution in [0.25, 0.3) is 0 Å². The predicted octanol–water partition coefficient (Wildman–Crippen LogP) is 3.53. The maximum Gasteiger partial charge on any atom is 0.305 e. The number of rotatable bonds is 11. The predicted molar refractivity (Wildman–Crippen MR) is 102 cm³/mol. The number of carbonyl (C=O) groups is 1. The minimum atomic E-state index is -4.27. The maximum atomic E-state index is 11.2. The highest BCUT2D eigenvalue weighted by Gasteiger charge is 2.01. The number of hydrogen-bond donors (Lipinski definition) is 1. The molecular weight excluding hydrogens is 354 g/mol. The molecule has 0 bridgehead atoms. The van der Waals surface area contributed by atoms with Crippen molar-refractivity contribution in [3.63, 3.8) is 0 Å². The molecule has 0 spiro atoms. The van der Waals surface area contributed by atoms with Gasteiger partial charge in [-0.2, -0.15) is 0 Å². The van der Waals surface area contributed by atoms with E-state index in [0.717, 1.165) is 37.7 Å². The molecule has 2 N–H and O–H groups in total. The summed E-state index contributed by atoms with van der Waals surface area (Å²) < 4.78 is 36.3. The van der Waals surface area contributed by atoms with Crippen LogP contribution in [0.3, 0.4) is 0 Å². The Kier molecular flexibility index (Phi) is 13.9. The van der Waals surface area contributed by atoms with Crippen LogP contribution in [0.15, 0.2) is 29.2 Å². The first kappa shape index (κ1) is 24.6. The van der Waals surface area contributed by atoms with Crippen LogP contribution >= 0.6 is 0 Å². The number of aryl methyl sites for hydroxylation is 1. The van der Waals surface area contributed by atoms with E-state index in [2.05, 4.69) is 6.92 Å². The second-order valence-electron chi connectivity index (χ2n) is 6.15. The maximum absolute atomic E-state index is 11.2. The number of nitrogens with two attached hydrogens (primary N) is 1. The summed E-state index contributed by atoms with van der Waals surface area (Å²) in [6, 6.07) is 5.78. The molecule has 0 heterocycles. The van der Waals surface area contributed by atoms with Gasteiger partial charge in [0.15, 0.2) is 0 Å². The first-order valence-electron chi connectivity index (χ1n) is 9.19. The minimum absolute atomic E-state index is 0.0523. The Balaban J connectivity index is 0.000000502. The Labute approximate surface area is 157 Å². The van der Waals surface area contributed by atoms with Gasteiger partial charge in [-0.05, 0) is 44.9 Å². The first-order chi connectivity index (χ1) is 12.3. The third-order valence-electron chi connectivity index (χ3n) is 3.66. The molecule has 26 heavy (non-hydrogen) atoms. The molecule has 0 atom stereocenters. The van der Waals surface area contributed by atoms with E-state index < -0.39 is 10.1 Å². The second-order valence-corrected chi connectivity index (χ2v) is 7.53. The molecule has 6 nitrogen and oxygen atoms in total. The number of ether oxygens (including phenoxy) is 1. The van der Waals surface area contributed by atoms with Crippen molar-refractivity contribution in [2.75, 3.05) is 13.2 Å². The first-order valence-corrected chi connectivity index (χ1v) is 10.6. The van der Waals surface area contributed by atoms with E-state index in [0.29, 0.717) is 19.6 Å². The largest absolute Gasteiger partial charge is 0.744 e. The zero-order valence-corrected chi connectivity index (χ0v) is 16.7. The Hall–Kier alpha value is -1.44. The van der Waals surface area contributed by atoms with Gasteiger partial charge in [0.1, 0.15) is 10.1 Å². The lowest BCUT2D eigenvalue weighted by atomic mass is 10.2. The lowest BCUT2D eigenvalue weighted by Crippen LogP contribution is -2.06. The van der Waals surface area contributed by atoms with Gasteiger partial charge in [0, 0.05) is 6.42 Å². The smallest absolute Gasteiger partial charge is 0.305 e. The fraction of sp³-hybridized carbons (Fsp3) is 0.632. The lowest BCUT2D eigenvalue weighted by Gasteiger charge is -2.05. The molecule has 1 aromatic rings. The summed E-state index contributed by atoms with van der Waals surface area (Å²) in [4.78, 5) is 11.0. The third kappa shape index (κ3) is 13.8. The molecule has 0 radical (unpaired) electrons. The zero-order chi connectivity index (χ0) is 19.8. The minimum Gasteiger partial charge on any atom is -0.744 e. The van der Waals surface area contributed by atoms with E-state index >= 15 is 0 Å². The fourth-order valence-corrected chi connectivity index (χ4v) is 2.55. The molecule has 0 aliphatic carbocycles. The van der Waals surface area contributed by atoms with Crippen LogP contribution in [0.5, 0.6) is 0 Å². The Morgan fingerprint density at radius 2 is 1.65 bits per heavy atom. The van der Waals surface area contributed by atoms with Gasteiger partial charge in [-0.25, -0.2) is 8.42 Å². The molecular formula is C19H32NO5S-. The van der Waals surface area contributed by atoms with Gasteiger partial charge in [0.2, 0.25) is 0 Å². The molecule has 0 aromatic heterocycles. The van der Waals surface area contributed by atoms with E-state index in [1.807, 2.05) is 6.92 Å². The summed E-state index contributed by atoms with van der Waals surface area (Å²) in [6.07, 6.45) is 8.10. The van der Waals surface area contributed by atoms with Crippen molar-refractivity contribution in [2.24, 2.45) is 5.73 Å². The van der Waals surface area contributed by atoms with Crippen LogP contribution in [0.4, 0.5) is 0 Å². The van der Waals surface area contributed by atoms with Crippen LogP contribution in [0, 0.1) is 6.92 Å². The summed E-state index contributed by atoms with van der Waals surface area (Å²) in [6.45, 7) is 5.30. The molecule has 0 unspecified atom stereocenters. The van der Waals surface area contributed by atoms with Crippen LogP contribution < -0.4 is 5.73 Å². The Morgan fingerprint density at radius 1 is 1.04 bits per heavy atom. The number of hydrogen-bond acceptors (Lipinski definition) is 6. The summed E-state index contributed by atoms with van der Waals surface area (Å²) >= 11 is 0. The lowest BCUT2D eigenvalue weighted by molar-refractivity contribution is -0.143. The molecule has 0 aliphatic rings. The van der Waals surface area contributed by atoms with E-state index in [9.17, 15) is 17.8 Å². The summed E-state index contributed by atoms with van der Waals surface area (Å²) in [5.74, 6) is -0.0523. The van der Waals surface area contributed by atoms with Crippen molar-refractivity contribution in [2.45, 2.75) is 70.1 Å². The molecule has 150 valence electrons. The Morgan fingerprint density at radius 3 is 2.19 bits per heavy atom. The van der Waals surface area contributed by atoms with E-state index in [1.165, 1.54) is 25.0 Å². The standard InChI is InChI=1S/C12H25NO2.C7H8O3S/c1-2-3-4-8-11-15-12(14)9-6-5-7-10-13;1-6-2-4-7(5-3-6)11(8,9)10/h2-11,13H2,1H3;2-5H,1H3,(H,8,9,10)/p-1. The molecule has 7 heteroatoms. The van der Waals surface area contributed by atoms with Crippen LogP contribution in [0.1, 0.15) is 63.9 Å². The second kappa shape index (κ2) is 14.7. The van der Waals surface area contributed by atoms with Crippen molar-refractivity contribution < 1.29 is 22.5 Å². The van der Waals surface area contributed by atoms with E-state index in [1.54, 1.807) is 12.1 Å². The van der Waals surface area contributed by atoms with E-state index in [4.69, 9.17) is 10.5 Å². The van der Waals surface area contributed by atoms with Crippen molar-refractivity contribution >= 4 is 16.1 Å². The van der Waals surface area contributed by atoms with Gasteiger partial charge in [0.25, 0.3) is 0 Å². The quantitative estimate of drug-likeness (QED) is 0.354. The molecule has 0 fully saturated rings. The normalized spacial score (nSPS) is 10.8. The van der Waals surface area contributed by atoms with Gasteiger partial charge in [-0.1, -0.05) is 50.3 Å². The summed E-state index contributed by atoms with van der Waals surface area (Å²) in [7, 11) is -4.27. The van der Waals surface area contributed by atoms with Gasteiger partial charge in [-0.15, -0.1) is 0 Å². The zero-order valence-electron chi connectivity index (χ0n) is 15.9. The number of unbranched alkanes of at least 4 members (excludes halogenated alkanes) is 5. The number of esters is 1. The monoisotopic (exact) mass is 386 g/mol. The number of carbonyl (C=O) groups excluding carboxylic acids is 1. The Bertz CT molecular complexity index is 584. The van der Waals surface area contributed by atoms with Crippen LogP contribution in [-0.2, 0) is 19.6 Å². The van der Waals surface area contributed by atoms with E-state index in [-0.39, 0.29) is 10.9 Å². The SMILES string of the molecule is CCCCCCOC(=O)CCCCCN.Cc1ccc(S(=O)(=O)[O-])cc1. The van der Waals surface area contributed by atoms with Gasteiger partial charge in [-0.3, -0.25) is 4.79 Å². The van der Waals surface area contributed by atoms with Gasteiger partial charge < -0.3 is 15.0 Å². The molecule has 0 aliphatic heterocycles. The van der Waals surface area contributed by atoms with Crippen LogP contribution in [-0.4, -0.2) is 32.1 Å². The highest BCUT2D eigenvalue weighted by molar-refractivity contribution is 7.85. The van der Waals surface area contributed by atoms with Crippen molar-refractivity contribution in [3.8, 4) is 0 Å². The molecule has 1 rings (SSSR count). The molecule has 0 saturated carbocycles. The molecule has 0 amide bonds. The number of benzene rings is 1. The van der Waals surface area contributed by atoms with Crippen molar-refractivity contribution in [1.29, 1.82) is 0 Å². The molecule has 0 saturated heterocycles. The molecule has 1 aromatic carbocycles. The summed E-state index contributed by atoms with van der Waals surface area (Å²) in [5.41, 5.74) is 6.28. The topological polar surface area (TPSA) is 110 Å². The highest BCUT2D eigenvalue weighted by Crippen LogP contribution is 2.08. The summed E-state index contributed by atoms with van der Waals surface area (Å²) in [5, 5.41) is 0. The average Bonchev–Trinajstić information content (AvgIpc) is 2.59. The van der Waals surface area contributed by atoms with Crippen molar-refractivity contribution in [3.05, 3.63) is 29.8 Å². The average molecular weight is 387 g/mol. The van der Waals surface area contributed by atoms with Crippen molar-refractivity contribution in [1.82, 2.24) is 0 Å². The highest BCUT2D eigenvalue weighted by atomic mass is 32.2. The van der Waals surface area contributed by atoms with Crippen LogP contribution in [0.2, 0.25) is 0 Å². The third-order valence-corrected chi connectivity index (χ3v) is 4.51. The van der Waals surface area contributed by atoms with Gasteiger partial charge in [0.05, 0.1) is 11.5 Å². The van der Waals surface area contributed by atoms with Gasteiger partial charge >= 0.3 is 5.97 Å². The fourth-order valence-electron chi connectivity index (χ4n) is 2.08.